The zero-order valence-corrected chi connectivity index (χ0v) is 23.1. The molecule has 0 saturated carbocycles. The van der Waals surface area contributed by atoms with Gasteiger partial charge in [0.25, 0.3) is 5.56 Å². The van der Waals surface area contributed by atoms with Gasteiger partial charge in [0.2, 0.25) is 0 Å². The van der Waals surface area contributed by atoms with Gasteiger partial charge in [-0.2, -0.15) is 5.10 Å². The van der Waals surface area contributed by atoms with Crippen LogP contribution in [-0.4, -0.2) is 51.8 Å². The number of carbonyl (C=O) groups is 2. The fourth-order valence-electron chi connectivity index (χ4n) is 5.59. The molecule has 4 heterocycles. The fourth-order valence-corrected chi connectivity index (χ4v) is 5.59. The zero-order valence-electron chi connectivity index (χ0n) is 23.1. The molecule has 3 aromatic heterocycles. The Bertz CT molecular complexity index is 1830. The second-order valence-electron chi connectivity index (χ2n) is 10.3. The number of piperidine rings is 1. The molecular weight excluding hydrogens is 522 g/mol. The van der Waals surface area contributed by atoms with Crippen molar-refractivity contribution in [3.05, 3.63) is 58.5 Å². The van der Waals surface area contributed by atoms with Crippen LogP contribution in [0.15, 0.2) is 47.3 Å². The number of carbonyl (C=O) groups excluding carboxylic acids is 2. The number of hydrogen-bond acceptors (Lipinski definition) is 8. The third kappa shape index (κ3) is 5.13. The number of rotatable bonds is 7. The molecule has 1 aliphatic rings. The number of nitrogens with one attached hydrogen (secondary N) is 2. The van der Waals surface area contributed by atoms with Crippen LogP contribution in [0.2, 0.25) is 0 Å². The van der Waals surface area contributed by atoms with Crippen LogP contribution in [0.3, 0.4) is 0 Å². The Morgan fingerprint density at radius 3 is 2.46 bits per heavy atom. The molecule has 2 N–H and O–H groups in total. The van der Waals surface area contributed by atoms with Gasteiger partial charge < -0.3 is 19.4 Å². The second-order valence-corrected chi connectivity index (χ2v) is 10.3. The van der Waals surface area contributed by atoms with Crippen molar-refractivity contribution in [2.24, 2.45) is 0 Å². The van der Waals surface area contributed by atoms with Crippen molar-refractivity contribution in [2.45, 2.75) is 46.0 Å². The van der Waals surface area contributed by atoms with Gasteiger partial charge in [-0.1, -0.05) is 6.07 Å². The van der Waals surface area contributed by atoms with E-state index in [1.165, 1.54) is 19.3 Å². The molecule has 10 heteroatoms. The number of nitrogens with zero attached hydrogens (tertiary/aromatic N) is 3. The van der Waals surface area contributed by atoms with E-state index in [-0.39, 0.29) is 25.0 Å². The molecule has 0 amide bonds. The number of benzene rings is 2. The highest BCUT2D eigenvalue weighted by Crippen LogP contribution is 2.36. The maximum atomic E-state index is 13.7. The number of ether oxygens (including phenoxy) is 2. The van der Waals surface area contributed by atoms with E-state index >= 15 is 0 Å². The lowest BCUT2D eigenvalue weighted by atomic mass is 9.98. The number of anilines is 1. The van der Waals surface area contributed by atoms with E-state index < -0.39 is 11.9 Å². The first-order chi connectivity index (χ1) is 19.9. The molecule has 2 aromatic carbocycles. The monoisotopic (exact) mass is 553 g/mol. The van der Waals surface area contributed by atoms with Crippen LogP contribution in [0, 0.1) is 6.92 Å². The summed E-state index contributed by atoms with van der Waals surface area (Å²) >= 11 is 0. The zero-order chi connectivity index (χ0) is 28.5. The number of hydrogen-bond donors (Lipinski definition) is 2. The molecule has 0 bridgehead atoms. The van der Waals surface area contributed by atoms with E-state index in [4.69, 9.17) is 14.5 Å². The van der Waals surface area contributed by atoms with Crippen molar-refractivity contribution in [2.75, 3.05) is 24.6 Å². The molecule has 6 rings (SSSR count). The van der Waals surface area contributed by atoms with Crippen LogP contribution in [0.4, 0.5) is 5.69 Å². The quantitative estimate of drug-likeness (QED) is 0.160. The summed E-state index contributed by atoms with van der Waals surface area (Å²) in [6.45, 7) is 5.93. The summed E-state index contributed by atoms with van der Waals surface area (Å²) in [5.41, 5.74) is 4.17. The lowest BCUT2D eigenvalue weighted by Gasteiger charge is -2.29. The summed E-state index contributed by atoms with van der Waals surface area (Å²) in [6, 6.07) is 13.1. The predicted octanol–water partition coefficient (Wildman–Crippen LogP) is 5.17. The van der Waals surface area contributed by atoms with Gasteiger partial charge in [0.1, 0.15) is 5.75 Å². The van der Waals surface area contributed by atoms with Crippen molar-refractivity contribution in [3.8, 4) is 17.0 Å². The van der Waals surface area contributed by atoms with E-state index in [2.05, 4.69) is 38.3 Å². The normalized spacial score (nSPS) is 13.7. The van der Waals surface area contributed by atoms with Crippen LogP contribution in [0.25, 0.3) is 44.0 Å². The van der Waals surface area contributed by atoms with Crippen LogP contribution < -0.4 is 15.2 Å². The number of pyridine rings is 2. The SMILES string of the molecule is CCOC(=O)CCC(=O)Oc1ccc(-c2nc3n[nH]c(C)c3c3c2c(=O)[nH]c2cc(N4CCCCC4)ccc23)cc1. The smallest absolute Gasteiger partial charge is 0.311 e. The summed E-state index contributed by atoms with van der Waals surface area (Å²) < 4.78 is 10.2. The first kappa shape index (κ1) is 26.5. The summed E-state index contributed by atoms with van der Waals surface area (Å²) in [5.74, 6) is -0.648. The molecule has 0 radical (unpaired) electrons. The Balaban J connectivity index is 1.40. The minimum Gasteiger partial charge on any atom is -0.466 e. The van der Waals surface area contributed by atoms with Gasteiger partial charge in [-0.25, -0.2) is 4.98 Å². The second kappa shape index (κ2) is 11.0. The lowest BCUT2D eigenvalue weighted by molar-refractivity contribution is -0.146. The van der Waals surface area contributed by atoms with E-state index in [1.807, 2.05) is 6.92 Å². The highest BCUT2D eigenvalue weighted by Gasteiger charge is 2.21. The van der Waals surface area contributed by atoms with E-state index in [0.717, 1.165) is 46.1 Å². The molecule has 0 aliphatic carbocycles. The summed E-state index contributed by atoms with van der Waals surface area (Å²) in [7, 11) is 0. The molecule has 0 spiro atoms. The molecular formula is C31H31N5O5. The van der Waals surface area contributed by atoms with Gasteiger partial charge in [-0.15, -0.1) is 0 Å². The molecule has 1 saturated heterocycles. The number of aryl methyl sites for hydroxylation is 1. The van der Waals surface area contributed by atoms with Gasteiger partial charge in [0.15, 0.2) is 5.65 Å². The number of fused-ring (bicyclic) bond motifs is 5. The first-order valence-corrected chi connectivity index (χ1v) is 14.0. The predicted molar refractivity (Wildman–Crippen MR) is 157 cm³/mol. The van der Waals surface area contributed by atoms with Crippen molar-refractivity contribution in [1.29, 1.82) is 0 Å². The first-order valence-electron chi connectivity index (χ1n) is 14.0. The van der Waals surface area contributed by atoms with Gasteiger partial charge in [0.05, 0.1) is 41.4 Å². The Labute approximate surface area is 235 Å². The maximum Gasteiger partial charge on any atom is 0.311 e. The molecule has 0 unspecified atom stereocenters. The summed E-state index contributed by atoms with van der Waals surface area (Å²) in [6.07, 6.45) is 3.46. The topological polar surface area (TPSA) is 130 Å². The molecule has 210 valence electrons. The minimum atomic E-state index is -0.533. The maximum absolute atomic E-state index is 13.7. The highest BCUT2D eigenvalue weighted by atomic mass is 16.5. The molecule has 5 aromatic rings. The molecule has 41 heavy (non-hydrogen) atoms. The summed E-state index contributed by atoms with van der Waals surface area (Å²) in [4.78, 5) is 47.7. The third-order valence-electron chi connectivity index (χ3n) is 7.55. The van der Waals surface area contributed by atoms with Crippen molar-refractivity contribution in [1.82, 2.24) is 20.2 Å². The van der Waals surface area contributed by atoms with Gasteiger partial charge >= 0.3 is 11.9 Å². The molecule has 1 fully saturated rings. The van der Waals surface area contributed by atoms with Crippen LogP contribution >= 0.6 is 0 Å². The van der Waals surface area contributed by atoms with Gasteiger partial charge in [0, 0.05) is 40.8 Å². The van der Waals surface area contributed by atoms with Crippen LogP contribution in [0.1, 0.15) is 44.7 Å². The average Bonchev–Trinajstić information content (AvgIpc) is 3.36. The minimum absolute atomic E-state index is 0.0416. The molecule has 10 nitrogen and oxygen atoms in total. The number of H-pyrrole nitrogens is 2. The Morgan fingerprint density at radius 2 is 1.71 bits per heavy atom. The fraction of sp³-hybridized carbons (Fsp3) is 0.323. The number of aromatic amines is 2. The van der Waals surface area contributed by atoms with Crippen LogP contribution in [-0.2, 0) is 14.3 Å². The third-order valence-corrected chi connectivity index (χ3v) is 7.55. The lowest BCUT2D eigenvalue weighted by Crippen LogP contribution is -2.29. The van der Waals surface area contributed by atoms with E-state index in [1.54, 1.807) is 31.2 Å². The molecule has 1 aliphatic heterocycles. The standard InChI is InChI=1S/C31H31N5O5/c1-3-40-24(37)13-14-25(38)41-21-10-7-19(8-11-21)29-28-27(26-18(2)34-35-30(26)33-29)22-12-9-20(17-23(22)32-31(28)39)36-15-5-4-6-16-36/h7-12,17H,3-6,13-16H2,1-2H3,(H,32,39)(H,33,34,35). The largest absolute Gasteiger partial charge is 0.466 e. The Kier molecular flexibility index (Phi) is 7.13. The summed E-state index contributed by atoms with van der Waals surface area (Å²) in [5, 5.41) is 10.5. The molecule has 0 atom stereocenters. The number of esters is 2. The van der Waals surface area contributed by atoms with Crippen molar-refractivity contribution < 1.29 is 19.1 Å². The van der Waals surface area contributed by atoms with Crippen molar-refractivity contribution >= 4 is 50.3 Å². The number of aromatic nitrogens is 4. The van der Waals surface area contributed by atoms with E-state index in [9.17, 15) is 14.4 Å². The average molecular weight is 554 g/mol. The van der Waals surface area contributed by atoms with E-state index in [0.29, 0.717) is 28.0 Å². The van der Waals surface area contributed by atoms with Crippen LogP contribution in [0.5, 0.6) is 5.75 Å². The Morgan fingerprint density at radius 1 is 0.951 bits per heavy atom. The van der Waals surface area contributed by atoms with Crippen molar-refractivity contribution in [3.63, 3.8) is 0 Å². The Hall–Kier alpha value is -4.73. The highest BCUT2D eigenvalue weighted by molar-refractivity contribution is 6.21. The van der Waals surface area contributed by atoms with Gasteiger partial charge in [-0.3, -0.25) is 19.5 Å². The van der Waals surface area contributed by atoms with Gasteiger partial charge in [-0.05, 0) is 69.5 Å².